The quantitative estimate of drug-likeness (QED) is 0.447. The number of ether oxygens (including phenoxy) is 1. The SMILES string of the molecule is CCOCSc1cccc(CNC2CC2)c1. The normalized spacial score (nSPS) is 15.3. The third-order valence-corrected chi connectivity index (χ3v) is 3.46. The van der Waals surface area contributed by atoms with E-state index in [0.717, 1.165) is 25.1 Å². The van der Waals surface area contributed by atoms with Crippen molar-refractivity contribution in [2.24, 2.45) is 0 Å². The van der Waals surface area contributed by atoms with Crippen LogP contribution in [0.15, 0.2) is 29.2 Å². The first-order valence-corrected chi connectivity index (χ1v) is 6.90. The van der Waals surface area contributed by atoms with Crippen molar-refractivity contribution in [3.63, 3.8) is 0 Å². The predicted molar refractivity (Wildman–Crippen MR) is 68.7 cm³/mol. The summed E-state index contributed by atoms with van der Waals surface area (Å²) in [5, 5.41) is 3.53. The molecule has 0 amide bonds. The van der Waals surface area contributed by atoms with Crippen LogP contribution in [0.2, 0.25) is 0 Å². The summed E-state index contributed by atoms with van der Waals surface area (Å²) in [6.07, 6.45) is 2.69. The highest BCUT2D eigenvalue weighted by atomic mass is 32.2. The molecule has 2 nitrogen and oxygen atoms in total. The van der Waals surface area contributed by atoms with E-state index in [-0.39, 0.29) is 0 Å². The van der Waals surface area contributed by atoms with Crippen molar-refractivity contribution in [3.05, 3.63) is 29.8 Å². The van der Waals surface area contributed by atoms with Crippen molar-refractivity contribution < 1.29 is 4.74 Å². The van der Waals surface area contributed by atoms with Gasteiger partial charge in [0.05, 0.1) is 5.94 Å². The third-order valence-electron chi connectivity index (χ3n) is 2.58. The molecule has 3 heteroatoms. The van der Waals surface area contributed by atoms with Crippen LogP contribution in [-0.4, -0.2) is 18.6 Å². The maximum atomic E-state index is 5.33. The van der Waals surface area contributed by atoms with Crippen molar-refractivity contribution in [1.82, 2.24) is 5.32 Å². The van der Waals surface area contributed by atoms with E-state index in [1.807, 2.05) is 6.92 Å². The summed E-state index contributed by atoms with van der Waals surface area (Å²) in [5.74, 6) is 0.746. The van der Waals surface area contributed by atoms with Crippen molar-refractivity contribution in [2.75, 3.05) is 12.5 Å². The van der Waals surface area contributed by atoms with Gasteiger partial charge in [0.15, 0.2) is 0 Å². The van der Waals surface area contributed by atoms with Gasteiger partial charge in [-0.15, -0.1) is 0 Å². The zero-order valence-corrected chi connectivity index (χ0v) is 10.6. The lowest BCUT2D eigenvalue weighted by atomic mass is 10.2. The molecule has 1 N–H and O–H groups in total. The molecule has 1 aliphatic carbocycles. The summed E-state index contributed by atoms with van der Waals surface area (Å²) in [4.78, 5) is 1.29. The van der Waals surface area contributed by atoms with Crippen LogP contribution in [0.5, 0.6) is 0 Å². The predicted octanol–water partition coefficient (Wildman–Crippen LogP) is 3.02. The molecule has 0 unspecified atom stereocenters. The van der Waals surface area contributed by atoms with Crippen LogP contribution >= 0.6 is 11.8 Å². The Bertz CT molecular complexity index is 325. The minimum Gasteiger partial charge on any atom is -0.371 e. The molecule has 0 aromatic heterocycles. The van der Waals surface area contributed by atoms with Crippen LogP contribution in [0.1, 0.15) is 25.3 Å². The summed E-state index contributed by atoms with van der Waals surface area (Å²) < 4.78 is 5.33. The Morgan fingerprint density at radius 3 is 3.06 bits per heavy atom. The molecule has 1 aliphatic rings. The summed E-state index contributed by atoms with van der Waals surface area (Å²) in [6, 6.07) is 9.47. The molecular formula is C13H19NOS. The van der Waals surface area contributed by atoms with E-state index in [1.165, 1.54) is 23.3 Å². The molecule has 0 radical (unpaired) electrons. The Kier molecular flexibility index (Phi) is 4.69. The van der Waals surface area contributed by atoms with Gasteiger partial charge in [-0.3, -0.25) is 0 Å². The number of nitrogens with one attached hydrogen (secondary N) is 1. The third kappa shape index (κ3) is 4.16. The molecule has 1 saturated carbocycles. The van der Waals surface area contributed by atoms with Gasteiger partial charge in [-0.2, -0.15) is 0 Å². The van der Waals surface area contributed by atoms with Crippen LogP contribution in [0.3, 0.4) is 0 Å². The summed E-state index contributed by atoms with van der Waals surface area (Å²) in [7, 11) is 0. The second kappa shape index (κ2) is 6.28. The molecular weight excluding hydrogens is 218 g/mol. The molecule has 0 atom stereocenters. The number of rotatable bonds is 7. The van der Waals surface area contributed by atoms with E-state index in [9.17, 15) is 0 Å². The average Bonchev–Trinajstić information content (AvgIpc) is 3.11. The van der Waals surface area contributed by atoms with Gasteiger partial charge in [-0.1, -0.05) is 23.9 Å². The lowest BCUT2D eigenvalue weighted by Gasteiger charge is -2.06. The summed E-state index contributed by atoms with van der Waals surface area (Å²) >= 11 is 1.76. The Morgan fingerprint density at radius 1 is 1.44 bits per heavy atom. The second-order valence-electron chi connectivity index (χ2n) is 4.06. The standard InChI is InChI=1S/C13H19NOS/c1-2-15-10-16-13-5-3-4-11(8-13)9-14-12-6-7-12/h3-5,8,12,14H,2,6-7,9-10H2,1H3. The van der Waals surface area contributed by atoms with Crippen LogP contribution in [0, 0.1) is 0 Å². The van der Waals surface area contributed by atoms with Gasteiger partial charge in [0.1, 0.15) is 0 Å². The van der Waals surface area contributed by atoms with Crippen LogP contribution in [-0.2, 0) is 11.3 Å². The zero-order valence-electron chi connectivity index (χ0n) is 9.74. The maximum absolute atomic E-state index is 5.33. The first-order valence-electron chi connectivity index (χ1n) is 5.91. The van der Waals surface area contributed by atoms with Gasteiger partial charge in [0, 0.05) is 24.1 Å². The zero-order chi connectivity index (χ0) is 11.2. The molecule has 88 valence electrons. The number of hydrogen-bond donors (Lipinski definition) is 1. The molecule has 1 aromatic rings. The van der Waals surface area contributed by atoms with E-state index < -0.39 is 0 Å². The molecule has 1 fully saturated rings. The average molecular weight is 237 g/mol. The van der Waals surface area contributed by atoms with Gasteiger partial charge in [-0.25, -0.2) is 0 Å². The monoisotopic (exact) mass is 237 g/mol. The Morgan fingerprint density at radius 2 is 2.31 bits per heavy atom. The van der Waals surface area contributed by atoms with Crippen molar-refractivity contribution >= 4 is 11.8 Å². The fourth-order valence-electron chi connectivity index (χ4n) is 1.49. The fourth-order valence-corrected chi connectivity index (χ4v) is 2.28. The molecule has 0 heterocycles. The van der Waals surface area contributed by atoms with Crippen molar-refractivity contribution in [2.45, 2.75) is 37.2 Å². The second-order valence-corrected chi connectivity index (χ2v) is 5.05. The highest BCUT2D eigenvalue weighted by Crippen LogP contribution is 2.21. The lowest BCUT2D eigenvalue weighted by Crippen LogP contribution is -2.15. The number of benzene rings is 1. The molecule has 2 rings (SSSR count). The molecule has 0 bridgehead atoms. The van der Waals surface area contributed by atoms with Gasteiger partial charge < -0.3 is 10.1 Å². The highest BCUT2D eigenvalue weighted by Gasteiger charge is 2.19. The largest absolute Gasteiger partial charge is 0.371 e. The summed E-state index contributed by atoms with van der Waals surface area (Å²) in [5.41, 5.74) is 1.37. The molecule has 0 aliphatic heterocycles. The van der Waals surface area contributed by atoms with Gasteiger partial charge in [0.2, 0.25) is 0 Å². The van der Waals surface area contributed by atoms with E-state index >= 15 is 0 Å². The Balaban J connectivity index is 1.80. The Hall–Kier alpha value is -0.510. The van der Waals surface area contributed by atoms with Crippen LogP contribution in [0.25, 0.3) is 0 Å². The minimum atomic E-state index is 0.746. The number of thioether (sulfide) groups is 1. The van der Waals surface area contributed by atoms with Gasteiger partial charge >= 0.3 is 0 Å². The topological polar surface area (TPSA) is 21.3 Å². The fraction of sp³-hybridized carbons (Fsp3) is 0.538. The van der Waals surface area contributed by atoms with E-state index in [4.69, 9.17) is 4.74 Å². The molecule has 0 spiro atoms. The smallest absolute Gasteiger partial charge is 0.0966 e. The van der Waals surface area contributed by atoms with E-state index in [1.54, 1.807) is 11.8 Å². The van der Waals surface area contributed by atoms with Gasteiger partial charge in [0.25, 0.3) is 0 Å². The van der Waals surface area contributed by atoms with E-state index in [0.29, 0.717) is 0 Å². The Labute approximate surface area is 102 Å². The molecule has 1 aromatic carbocycles. The summed E-state index contributed by atoms with van der Waals surface area (Å²) in [6.45, 7) is 3.81. The highest BCUT2D eigenvalue weighted by molar-refractivity contribution is 7.99. The van der Waals surface area contributed by atoms with E-state index in [2.05, 4.69) is 29.6 Å². The van der Waals surface area contributed by atoms with Crippen molar-refractivity contribution in [1.29, 1.82) is 0 Å². The van der Waals surface area contributed by atoms with Crippen molar-refractivity contribution in [3.8, 4) is 0 Å². The van der Waals surface area contributed by atoms with Crippen LogP contribution in [0.4, 0.5) is 0 Å². The maximum Gasteiger partial charge on any atom is 0.0966 e. The van der Waals surface area contributed by atoms with Crippen LogP contribution < -0.4 is 5.32 Å². The first kappa shape index (κ1) is 12.0. The first-order chi connectivity index (χ1) is 7.88. The number of hydrogen-bond acceptors (Lipinski definition) is 3. The molecule has 0 saturated heterocycles. The molecule has 16 heavy (non-hydrogen) atoms. The van der Waals surface area contributed by atoms with Gasteiger partial charge in [-0.05, 0) is 37.5 Å². The lowest BCUT2D eigenvalue weighted by molar-refractivity contribution is 0.199. The minimum absolute atomic E-state index is 0.746.